The number of hydrogen-bond donors (Lipinski definition) is 2. The van der Waals surface area contributed by atoms with Gasteiger partial charge in [-0.3, -0.25) is 14.5 Å². The Morgan fingerprint density at radius 2 is 1.76 bits per heavy atom. The summed E-state index contributed by atoms with van der Waals surface area (Å²) in [5.74, 6) is 1.36. The van der Waals surface area contributed by atoms with Crippen LogP contribution in [0.3, 0.4) is 0 Å². The summed E-state index contributed by atoms with van der Waals surface area (Å²) in [6.45, 7) is 8.40. The zero-order chi connectivity index (χ0) is 29.5. The van der Waals surface area contributed by atoms with E-state index in [-0.39, 0.29) is 17.3 Å². The number of nitrogens with zero attached hydrogens (tertiary/aromatic N) is 3. The van der Waals surface area contributed by atoms with Crippen LogP contribution in [0.15, 0.2) is 77.7 Å². The molecule has 0 atom stereocenters. The second-order valence-corrected chi connectivity index (χ2v) is 10.0. The van der Waals surface area contributed by atoms with Crippen molar-refractivity contribution in [1.29, 1.82) is 0 Å². The minimum atomic E-state index is -0.414. The van der Waals surface area contributed by atoms with Gasteiger partial charge in [0.25, 0.3) is 11.5 Å². The second-order valence-electron chi connectivity index (χ2n) is 10.0. The molecular formula is C32H35N5O5. The van der Waals surface area contributed by atoms with Gasteiger partial charge >= 0.3 is 0 Å². The Morgan fingerprint density at radius 1 is 1.00 bits per heavy atom. The highest BCUT2D eigenvalue weighted by Gasteiger charge is 2.18. The van der Waals surface area contributed by atoms with Crippen molar-refractivity contribution >= 4 is 17.3 Å². The molecule has 10 heteroatoms. The zero-order valence-electron chi connectivity index (χ0n) is 24.1. The summed E-state index contributed by atoms with van der Waals surface area (Å²) in [4.78, 5) is 29.0. The van der Waals surface area contributed by atoms with Crippen molar-refractivity contribution in [2.75, 3.05) is 51.8 Å². The fourth-order valence-electron chi connectivity index (χ4n) is 4.63. The molecule has 2 heterocycles. The van der Waals surface area contributed by atoms with Gasteiger partial charge in [0.05, 0.1) is 32.2 Å². The van der Waals surface area contributed by atoms with Crippen LogP contribution in [-0.2, 0) is 4.74 Å². The van der Waals surface area contributed by atoms with Gasteiger partial charge in [-0.2, -0.15) is 9.78 Å². The minimum Gasteiger partial charge on any atom is -0.497 e. The summed E-state index contributed by atoms with van der Waals surface area (Å²) in [5, 5.41) is 10.6. The predicted octanol–water partition coefficient (Wildman–Crippen LogP) is 4.46. The van der Waals surface area contributed by atoms with E-state index in [2.05, 4.69) is 20.6 Å². The Labute approximate surface area is 244 Å². The number of ether oxygens (including phenoxy) is 3. The van der Waals surface area contributed by atoms with Crippen molar-refractivity contribution in [2.45, 2.75) is 13.8 Å². The first kappa shape index (κ1) is 28.8. The smallest absolute Gasteiger partial charge is 0.299 e. The van der Waals surface area contributed by atoms with E-state index < -0.39 is 5.56 Å². The van der Waals surface area contributed by atoms with Gasteiger partial charge in [-0.05, 0) is 73.5 Å². The van der Waals surface area contributed by atoms with Crippen LogP contribution in [-0.4, -0.2) is 67.1 Å². The first-order chi connectivity index (χ1) is 20.4. The molecule has 3 aromatic carbocycles. The molecule has 1 aliphatic heterocycles. The number of anilines is 2. The quantitative estimate of drug-likeness (QED) is 0.289. The summed E-state index contributed by atoms with van der Waals surface area (Å²) in [6, 6.07) is 19.8. The van der Waals surface area contributed by atoms with Crippen LogP contribution in [0.4, 0.5) is 11.4 Å². The largest absolute Gasteiger partial charge is 0.497 e. The number of rotatable bonds is 10. The molecular weight excluding hydrogens is 534 g/mol. The summed E-state index contributed by atoms with van der Waals surface area (Å²) >= 11 is 0. The summed E-state index contributed by atoms with van der Waals surface area (Å²) < 4.78 is 18.2. The van der Waals surface area contributed by atoms with Gasteiger partial charge in [-0.15, -0.1) is 0 Å². The number of morpholine rings is 1. The Balaban J connectivity index is 1.42. The number of nitrogens with one attached hydrogen (secondary N) is 2. The van der Waals surface area contributed by atoms with E-state index in [4.69, 9.17) is 14.2 Å². The number of carbonyl (C=O) groups excluding carboxylic acids is 1. The number of carbonyl (C=O) groups is 1. The normalized spacial score (nSPS) is 13.4. The fourth-order valence-corrected chi connectivity index (χ4v) is 4.63. The van der Waals surface area contributed by atoms with Gasteiger partial charge in [0.2, 0.25) is 0 Å². The minimum absolute atomic E-state index is 0.187. The third kappa shape index (κ3) is 6.79. The molecule has 1 fully saturated rings. The highest BCUT2D eigenvalue weighted by Crippen LogP contribution is 2.32. The van der Waals surface area contributed by atoms with Crippen LogP contribution < -0.4 is 25.7 Å². The van der Waals surface area contributed by atoms with Crippen LogP contribution in [0.25, 0.3) is 5.69 Å². The third-order valence-corrected chi connectivity index (χ3v) is 7.25. The number of aromatic nitrogens is 2. The molecule has 42 heavy (non-hydrogen) atoms. The Bertz CT molecular complexity index is 1600. The lowest BCUT2D eigenvalue weighted by molar-refractivity contribution is 0.0383. The zero-order valence-corrected chi connectivity index (χ0v) is 24.1. The summed E-state index contributed by atoms with van der Waals surface area (Å²) in [7, 11) is 1.58. The molecule has 0 spiro atoms. The fraction of sp³-hybridized carbons (Fsp3) is 0.281. The molecule has 0 bridgehead atoms. The third-order valence-electron chi connectivity index (χ3n) is 7.25. The molecule has 1 aromatic heterocycles. The van der Waals surface area contributed by atoms with Crippen LogP contribution in [0.1, 0.15) is 21.5 Å². The SMILES string of the molecule is COc1ccc(-n2ncc(Oc3cccc(C)c3C)c(Nc3cccc(C(=O)NCCN4CCOCC4)c3)c2=O)cc1. The molecule has 218 valence electrons. The summed E-state index contributed by atoms with van der Waals surface area (Å²) in [5.41, 5.74) is 3.40. The van der Waals surface area contributed by atoms with E-state index in [9.17, 15) is 9.59 Å². The standard InChI is InChI=1S/C32H35N5O5/c1-22-6-4-9-28(23(22)2)42-29-21-34-37(26-10-12-27(40-3)13-11-26)32(39)30(29)35-25-8-5-7-24(20-25)31(38)33-14-15-36-16-18-41-19-17-36/h4-13,20-21,35H,14-19H2,1-3H3,(H,33,38). The van der Waals surface area contributed by atoms with E-state index in [0.717, 1.165) is 30.8 Å². The molecule has 0 radical (unpaired) electrons. The average molecular weight is 570 g/mol. The van der Waals surface area contributed by atoms with E-state index >= 15 is 0 Å². The Kier molecular flexibility index (Phi) is 9.15. The predicted molar refractivity (Wildman–Crippen MR) is 162 cm³/mol. The first-order valence-electron chi connectivity index (χ1n) is 13.9. The number of methoxy groups -OCH3 is 1. The van der Waals surface area contributed by atoms with Crippen molar-refractivity contribution in [3.63, 3.8) is 0 Å². The van der Waals surface area contributed by atoms with Crippen LogP contribution in [0.5, 0.6) is 17.2 Å². The lowest BCUT2D eigenvalue weighted by atomic mass is 10.1. The lowest BCUT2D eigenvalue weighted by Gasteiger charge is -2.26. The number of benzene rings is 3. The van der Waals surface area contributed by atoms with Gasteiger partial charge in [0, 0.05) is 37.4 Å². The van der Waals surface area contributed by atoms with E-state index in [1.54, 1.807) is 55.6 Å². The van der Waals surface area contributed by atoms with Crippen LogP contribution >= 0.6 is 0 Å². The van der Waals surface area contributed by atoms with Gasteiger partial charge in [0.15, 0.2) is 11.4 Å². The molecule has 4 aromatic rings. The highest BCUT2D eigenvalue weighted by atomic mass is 16.5. The monoisotopic (exact) mass is 569 g/mol. The maximum Gasteiger partial charge on any atom is 0.299 e. The molecule has 0 saturated carbocycles. The van der Waals surface area contributed by atoms with Crippen molar-refractivity contribution in [2.24, 2.45) is 0 Å². The topological polar surface area (TPSA) is 107 Å². The maximum atomic E-state index is 13.8. The number of amides is 1. The van der Waals surface area contributed by atoms with Crippen molar-refractivity contribution in [3.8, 4) is 22.9 Å². The van der Waals surface area contributed by atoms with Crippen LogP contribution in [0, 0.1) is 13.8 Å². The molecule has 1 saturated heterocycles. The molecule has 2 N–H and O–H groups in total. The summed E-state index contributed by atoms with van der Waals surface area (Å²) in [6.07, 6.45) is 1.51. The van der Waals surface area contributed by atoms with E-state index in [1.165, 1.54) is 10.9 Å². The lowest BCUT2D eigenvalue weighted by Crippen LogP contribution is -2.41. The van der Waals surface area contributed by atoms with Crippen molar-refractivity contribution in [1.82, 2.24) is 20.0 Å². The molecule has 5 rings (SSSR count). The molecule has 0 aliphatic carbocycles. The van der Waals surface area contributed by atoms with Gasteiger partial charge in [-0.1, -0.05) is 18.2 Å². The number of hydrogen-bond acceptors (Lipinski definition) is 8. The Morgan fingerprint density at radius 3 is 2.52 bits per heavy atom. The van der Waals surface area contributed by atoms with Gasteiger partial charge in [-0.25, -0.2) is 0 Å². The first-order valence-corrected chi connectivity index (χ1v) is 13.9. The number of aryl methyl sites for hydroxylation is 1. The maximum absolute atomic E-state index is 13.8. The van der Waals surface area contributed by atoms with Crippen molar-refractivity contribution in [3.05, 3.63) is 100.0 Å². The molecule has 0 unspecified atom stereocenters. The van der Waals surface area contributed by atoms with Gasteiger partial charge < -0.3 is 24.8 Å². The van der Waals surface area contributed by atoms with Crippen molar-refractivity contribution < 1.29 is 19.0 Å². The molecule has 1 amide bonds. The van der Waals surface area contributed by atoms with Gasteiger partial charge in [0.1, 0.15) is 11.5 Å². The van der Waals surface area contributed by atoms with E-state index in [0.29, 0.717) is 48.2 Å². The average Bonchev–Trinajstić information content (AvgIpc) is 3.02. The Hall–Kier alpha value is -4.67. The molecule has 10 nitrogen and oxygen atoms in total. The molecule has 1 aliphatic rings. The van der Waals surface area contributed by atoms with E-state index in [1.807, 2.05) is 32.0 Å². The highest BCUT2D eigenvalue weighted by molar-refractivity contribution is 5.95. The second kappa shape index (κ2) is 13.3. The van der Waals surface area contributed by atoms with Crippen LogP contribution in [0.2, 0.25) is 0 Å².